The molecule has 1 atom stereocenters. The summed E-state index contributed by atoms with van der Waals surface area (Å²) in [5.41, 5.74) is 7.75. The average Bonchev–Trinajstić information content (AvgIpc) is 2.47. The van der Waals surface area contributed by atoms with Crippen LogP contribution in [0.2, 0.25) is 0 Å². The molecule has 5 heteroatoms. The molecule has 0 saturated heterocycles. The molecule has 0 saturated carbocycles. The van der Waals surface area contributed by atoms with Crippen molar-refractivity contribution in [2.45, 2.75) is 13.0 Å². The van der Waals surface area contributed by atoms with Gasteiger partial charge in [-0.2, -0.15) is 0 Å². The molecular formula is C16H17BrN2O2. The van der Waals surface area contributed by atoms with Crippen LogP contribution >= 0.6 is 15.9 Å². The predicted octanol–water partition coefficient (Wildman–Crippen LogP) is 3.53. The number of amides is 1. The standard InChI is InChI=1S/C16H17BrN2O2/c1-10(11-3-5-12(17)6-4-11)19-16(20)14-8-7-13(18)9-15(14)21-2/h3-10H,18H2,1-2H3,(H,19,20). The van der Waals surface area contributed by atoms with Gasteiger partial charge in [0.15, 0.2) is 0 Å². The summed E-state index contributed by atoms with van der Waals surface area (Å²) < 4.78 is 6.21. The third kappa shape index (κ3) is 3.76. The van der Waals surface area contributed by atoms with Crippen LogP contribution in [0.5, 0.6) is 5.75 Å². The van der Waals surface area contributed by atoms with E-state index in [0.29, 0.717) is 17.0 Å². The van der Waals surface area contributed by atoms with Crippen molar-refractivity contribution in [2.24, 2.45) is 0 Å². The van der Waals surface area contributed by atoms with Gasteiger partial charge in [0.25, 0.3) is 5.91 Å². The molecule has 1 amide bonds. The topological polar surface area (TPSA) is 64.3 Å². The maximum absolute atomic E-state index is 12.3. The zero-order chi connectivity index (χ0) is 15.4. The summed E-state index contributed by atoms with van der Waals surface area (Å²) >= 11 is 3.39. The molecule has 4 nitrogen and oxygen atoms in total. The third-order valence-electron chi connectivity index (χ3n) is 3.19. The molecular weight excluding hydrogens is 332 g/mol. The Morgan fingerprint density at radius 2 is 1.90 bits per heavy atom. The number of benzene rings is 2. The van der Waals surface area contributed by atoms with Crippen molar-refractivity contribution in [3.8, 4) is 5.75 Å². The first-order valence-electron chi connectivity index (χ1n) is 6.51. The zero-order valence-corrected chi connectivity index (χ0v) is 13.5. The first kappa shape index (κ1) is 15.4. The van der Waals surface area contributed by atoms with E-state index in [1.165, 1.54) is 7.11 Å². The summed E-state index contributed by atoms with van der Waals surface area (Å²) in [6, 6.07) is 12.7. The molecule has 3 N–H and O–H groups in total. The number of nitrogen functional groups attached to an aromatic ring is 1. The van der Waals surface area contributed by atoms with Gasteiger partial charge in [-0.1, -0.05) is 28.1 Å². The molecule has 0 aromatic heterocycles. The second-order valence-electron chi connectivity index (χ2n) is 4.71. The first-order valence-corrected chi connectivity index (χ1v) is 7.30. The molecule has 21 heavy (non-hydrogen) atoms. The summed E-state index contributed by atoms with van der Waals surface area (Å²) in [5, 5.41) is 2.95. The van der Waals surface area contributed by atoms with Crippen LogP contribution < -0.4 is 15.8 Å². The van der Waals surface area contributed by atoms with E-state index in [9.17, 15) is 4.79 Å². The van der Waals surface area contributed by atoms with Crippen molar-refractivity contribution in [1.29, 1.82) is 0 Å². The molecule has 0 aliphatic rings. The number of hydrogen-bond acceptors (Lipinski definition) is 3. The Labute approximate surface area is 132 Å². The van der Waals surface area contributed by atoms with Gasteiger partial charge >= 0.3 is 0 Å². The molecule has 110 valence electrons. The van der Waals surface area contributed by atoms with Crippen LogP contribution in [-0.2, 0) is 0 Å². The highest BCUT2D eigenvalue weighted by atomic mass is 79.9. The van der Waals surface area contributed by atoms with E-state index in [2.05, 4.69) is 21.2 Å². The maximum Gasteiger partial charge on any atom is 0.255 e. The van der Waals surface area contributed by atoms with Crippen LogP contribution in [0.1, 0.15) is 28.9 Å². The number of methoxy groups -OCH3 is 1. The summed E-state index contributed by atoms with van der Waals surface area (Å²) in [6.45, 7) is 1.94. The van der Waals surface area contributed by atoms with Crippen LogP contribution in [0, 0.1) is 0 Å². The minimum atomic E-state index is -0.192. The van der Waals surface area contributed by atoms with Crippen LogP contribution in [-0.4, -0.2) is 13.0 Å². The van der Waals surface area contributed by atoms with E-state index in [-0.39, 0.29) is 11.9 Å². The molecule has 0 aliphatic heterocycles. The quantitative estimate of drug-likeness (QED) is 0.830. The lowest BCUT2D eigenvalue weighted by Gasteiger charge is -2.16. The van der Waals surface area contributed by atoms with Crippen molar-refractivity contribution in [1.82, 2.24) is 5.32 Å². The largest absolute Gasteiger partial charge is 0.496 e. The highest BCUT2D eigenvalue weighted by molar-refractivity contribution is 9.10. The monoisotopic (exact) mass is 348 g/mol. The van der Waals surface area contributed by atoms with E-state index >= 15 is 0 Å². The SMILES string of the molecule is COc1cc(N)ccc1C(=O)NC(C)c1ccc(Br)cc1. The van der Waals surface area contributed by atoms with Crippen molar-refractivity contribution in [2.75, 3.05) is 12.8 Å². The second-order valence-corrected chi connectivity index (χ2v) is 5.62. The lowest BCUT2D eigenvalue weighted by atomic mass is 10.1. The summed E-state index contributed by atoms with van der Waals surface area (Å²) in [5.74, 6) is 0.276. The number of hydrogen-bond donors (Lipinski definition) is 2. The zero-order valence-electron chi connectivity index (χ0n) is 11.9. The van der Waals surface area contributed by atoms with Crippen LogP contribution in [0.4, 0.5) is 5.69 Å². The normalized spacial score (nSPS) is 11.8. The average molecular weight is 349 g/mol. The Bertz CT molecular complexity index is 641. The number of rotatable bonds is 4. The highest BCUT2D eigenvalue weighted by Gasteiger charge is 2.15. The summed E-state index contributed by atoms with van der Waals surface area (Å²) in [4.78, 5) is 12.3. The number of halogens is 1. The van der Waals surface area contributed by atoms with Crippen LogP contribution in [0.15, 0.2) is 46.9 Å². The number of carbonyl (C=O) groups excluding carboxylic acids is 1. The van der Waals surface area contributed by atoms with Gasteiger partial charge in [0.05, 0.1) is 18.7 Å². The minimum absolute atomic E-state index is 0.104. The van der Waals surface area contributed by atoms with Crippen LogP contribution in [0.3, 0.4) is 0 Å². The van der Waals surface area contributed by atoms with E-state index in [1.54, 1.807) is 18.2 Å². The Balaban J connectivity index is 2.16. The second kappa shape index (κ2) is 6.63. The number of carbonyl (C=O) groups is 1. The molecule has 2 rings (SSSR count). The van der Waals surface area contributed by atoms with E-state index < -0.39 is 0 Å². The van der Waals surface area contributed by atoms with Gasteiger partial charge in [0.1, 0.15) is 5.75 Å². The molecule has 0 heterocycles. The Morgan fingerprint density at radius 3 is 2.52 bits per heavy atom. The van der Waals surface area contributed by atoms with Gasteiger partial charge in [-0.15, -0.1) is 0 Å². The Morgan fingerprint density at radius 1 is 1.24 bits per heavy atom. The van der Waals surface area contributed by atoms with Gasteiger partial charge in [-0.3, -0.25) is 4.79 Å². The summed E-state index contributed by atoms with van der Waals surface area (Å²) in [7, 11) is 1.52. The lowest BCUT2D eigenvalue weighted by molar-refractivity contribution is 0.0937. The third-order valence-corrected chi connectivity index (χ3v) is 3.72. The maximum atomic E-state index is 12.3. The van der Waals surface area contributed by atoms with E-state index in [4.69, 9.17) is 10.5 Å². The molecule has 2 aromatic carbocycles. The first-order chi connectivity index (χ1) is 10.0. The van der Waals surface area contributed by atoms with E-state index in [0.717, 1.165) is 10.0 Å². The highest BCUT2D eigenvalue weighted by Crippen LogP contribution is 2.23. The molecule has 0 fully saturated rings. The van der Waals surface area contributed by atoms with Gasteiger partial charge in [-0.25, -0.2) is 0 Å². The number of nitrogens with two attached hydrogens (primary N) is 1. The molecule has 2 aromatic rings. The fraction of sp³-hybridized carbons (Fsp3) is 0.188. The van der Waals surface area contributed by atoms with Crippen molar-refractivity contribution in [3.63, 3.8) is 0 Å². The van der Waals surface area contributed by atoms with Crippen LogP contribution in [0.25, 0.3) is 0 Å². The summed E-state index contributed by atoms with van der Waals surface area (Å²) in [6.07, 6.45) is 0. The van der Waals surface area contributed by atoms with Crippen molar-refractivity contribution < 1.29 is 9.53 Å². The fourth-order valence-corrected chi connectivity index (χ4v) is 2.27. The van der Waals surface area contributed by atoms with Crippen molar-refractivity contribution in [3.05, 3.63) is 58.1 Å². The molecule has 0 radical (unpaired) electrons. The van der Waals surface area contributed by atoms with Gasteiger partial charge < -0.3 is 15.8 Å². The smallest absolute Gasteiger partial charge is 0.255 e. The molecule has 0 bridgehead atoms. The number of nitrogens with one attached hydrogen (secondary N) is 1. The van der Waals surface area contributed by atoms with Gasteiger partial charge in [0, 0.05) is 16.2 Å². The number of anilines is 1. The fourth-order valence-electron chi connectivity index (χ4n) is 2.00. The van der Waals surface area contributed by atoms with E-state index in [1.807, 2.05) is 31.2 Å². The molecule has 0 aliphatic carbocycles. The predicted molar refractivity (Wildman–Crippen MR) is 87.4 cm³/mol. The lowest BCUT2D eigenvalue weighted by Crippen LogP contribution is -2.27. The Kier molecular flexibility index (Phi) is 4.85. The van der Waals surface area contributed by atoms with Crippen molar-refractivity contribution >= 4 is 27.5 Å². The number of ether oxygens (including phenoxy) is 1. The molecule has 1 unspecified atom stereocenters. The molecule has 0 spiro atoms. The minimum Gasteiger partial charge on any atom is -0.496 e. The van der Waals surface area contributed by atoms with Gasteiger partial charge in [-0.05, 0) is 36.8 Å². The van der Waals surface area contributed by atoms with Gasteiger partial charge in [0.2, 0.25) is 0 Å². The Hall–Kier alpha value is -2.01.